The van der Waals surface area contributed by atoms with Crippen LogP contribution in [0.3, 0.4) is 0 Å². The molecule has 1 aromatic rings. The quantitative estimate of drug-likeness (QED) is 0.849. The highest BCUT2D eigenvalue weighted by Crippen LogP contribution is 2.17. The number of ether oxygens (including phenoxy) is 1. The van der Waals surface area contributed by atoms with Gasteiger partial charge in [-0.05, 0) is 37.0 Å². The minimum atomic E-state index is -0.265. The Kier molecular flexibility index (Phi) is 5.51. The lowest BCUT2D eigenvalue weighted by molar-refractivity contribution is -0.142. The third-order valence-electron chi connectivity index (χ3n) is 4.82. The lowest BCUT2D eigenvalue weighted by atomic mass is 10.1. The van der Waals surface area contributed by atoms with Gasteiger partial charge < -0.3 is 14.5 Å². The number of rotatable bonds is 4. The SMILES string of the molecule is CCCc1ccc(C(=O)N2CCN(C(=O)C3CCCO3)CC2)cc1. The molecule has 24 heavy (non-hydrogen) atoms. The molecule has 2 amide bonds. The van der Waals surface area contributed by atoms with Crippen LogP contribution in [0.15, 0.2) is 24.3 Å². The van der Waals surface area contributed by atoms with E-state index in [1.807, 2.05) is 34.1 Å². The van der Waals surface area contributed by atoms with Gasteiger partial charge in [0, 0.05) is 38.3 Å². The topological polar surface area (TPSA) is 49.9 Å². The number of carbonyl (C=O) groups excluding carboxylic acids is 2. The van der Waals surface area contributed by atoms with Gasteiger partial charge in [0.2, 0.25) is 0 Å². The Labute approximate surface area is 143 Å². The molecular formula is C19H26N2O3. The monoisotopic (exact) mass is 330 g/mol. The first-order valence-corrected chi connectivity index (χ1v) is 8.97. The Morgan fingerprint density at radius 3 is 2.33 bits per heavy atom. The molecule has 2 saturated heterocycles. The smallest absolute Gasteiger partial charge is 0.253 e. The fourth-order valence-electron chi connectivity index (χ4n) is 3.39. The van der Waals surface area contributed by atoms with Crippen molar-refractivity contribution in [2.24, 2.45) is 0 Å². The van der Waals surface area contributed by atoms with Crippen LogP contribution < -0.4 is 0 Å². The van der Waals surface area contributed by atoms with Gasteiger partial charge in [-0.1, -0.05) is 25.5 Å². The summed E-state index contributed by atoms with van der Waals surface area (Å²) in [6.07, 6.45) is 3.66. The number of benzene rings is 1. The van der Waals surface area contributed by atoms with Crippen molar-refractivity contribution in [3.8, 4) is 0 Å². The molecule has 0 saturated carbocycles. The predicted molar refractivity (Wildman–Crippen MR) is 91.9 cm³/mol. The van der Waals surface area contributed by atoms with Crippen molar-refractivity contribution < 1.29 is 14.3 Å². The molecule has 2 aliphatic heterocycles. The molecule has 0 aliphatic carbocycles. The first-order chi connectivity index (χ1) is 11.7. The highest BCUT2D eigenvalue weighted by molar-refractivity contribution is 5.94. The van der Waals surface area contributed by atoms with Crippen LogP contribution in [0.4, 0.5) is 0 Å². The molecular weight excluding hydrogens is 304 g/mol. The Morgan fingerprint density at radius 2 is 1.75 bits per heavy atom. The molecule has 2 aliphatic rings. The van der Waals surface area contributed by atoms with E-state index in [0.717, 1.165) is 31.2 Å². The zero-order valence-electron chi connectivity index (χ0n) is 14.4. The van der Waals surface area contributed by atoms with Crippen LogP contribution >= 0.6 is 0 Å². The van der Waals surface area contributed by atoms with Crippen molar-refractivity contribution in [1.82, 2.24) is 9.80 Å². The second kappa shape index (κ2) is 7.79. The van der Waals surface area contributed by atoms with Gasteiger partial charge in [-0.25, -0.2) is 0 Å². The van der Waals surface area contributed by atoms with Crippen LogP contribution in [0, 0.1) is 0 Å². The number of piperazine rings is 1. The van der Waals surface area contributed by atoms with Crippen molar-refractivity contribution in [2.75, 3.05) is 32.8 Å². The summed E-state index contributed by atoms with van der Waals surface area (Å²) in [6, 6.07) is 7.90. The summed E-state index contributed by atoms with van der Waals surface area (Å²) in [5.41, 5.74) is 2.00. The molecule has 1 unspecified atom stereocenters. The van der Waals surface area contributed by atoms with E-state index in [1.54, 1.807) is 0 Å². The number of aryl methyl sites for hydroxylation is 1. The molecule has 2 heterocycles. The minimum Gasteiger partial charge on any atom is -0.368 e. The summed E-state index contributed by atoms with van der Waals surface area (Å²) < 4.78 is 5.47. The van der Waals surface area contributed by atoms with Crippen LogP contribution in [0.25, 0.3) is 0 Å². The van der Waals surface area contributed by atoms with Gasteiger partial charge in [-0.2, -0.15) is 0 Å². The fraction of sp³-hybridized carbons (Fsp3) is 0.579. The number of carbonyl (C=O) groups is 2. The Balaban J connectivity index is 1.53. The summed E-state index contributed by atoms with van der Waals surface area (Å²) in [5, 5.41) is 0. The Bertz CT molecular complexity index is 571. The van der Waals surface area contributed by atoms with E-state index in [0.29, 0.717) is 32.8 Å². The summed E-state index contributed by atoms with van der Waals surface area (Å²) in [6.45, 7) is 5.21. The largest absolute Gasteiger partial charge is 0.368 e. The summed E-state index contributed by atoms with van der Waals surface area (Å²) in [4.78, 5) is 28.6. The standard InChI is InChI=1S/C19H26N2O3/c1-2-4-15-6-8-16(9-7-15)18(22)20-10-12-21(13-11-20)19(23)17-5-3-14-24-17/h6-9,17H,2-5,10-14H2,1H3. The van der Waals surface area contributed by atoms with Crippen molar-refractivity contribution in [2.45, 2.75) is 38.7 Å². The van der Waals surface area contributed by atoms with E-state index < -0.39 is 0 Å². The second-order valence-electron chi connectivity index (χ2n) is 6.57. The van der Waals surface area contributed by atoms with Crippen LogP contribution in [-0.4, -0.2) is 60.5 Å². The maximum atomic E-state index is 12.6. The minimum absolute atomic E-state index is 0.0577. The van der Waals surface area contributed by atoms with Gasteiger partial charge in [0.05, 0.1) is 0 Å². The van der Waals surface area contributed by atoms with Crippen LogP contribution in [0.2, 0.25) is 0 Å². The summed E-state index contributed by atoms with van der Waals surface area (Å²) in [5.74, 6) is 0.144. The van der Waals surface area contributed by atoms with Gasteiger partial charge in [0.15, 0.2) is 0 Å². The van der Waals surface area contributed by atoms with Crippen molar-refractivity contribution in [1.29, 1.82) is 0 Å². The molecule has 1 atom stereocenters. The molecule has 0 spiro atoms. The van der Waals surface area contributed by atoms with Crippen molar-refractivity contribution in [3.63, 3.8) is 0 Å². The van der Waals surface area contributed by atoms with Gasteiger partial charge in [-0.3, -0.25) is 9.59 Å². The van der Waals surface area contributed by atoms with E-state index in [-0.39, 0.29) is 17.9 Å². The lowest BCUT2D eigenvalue weighted by Gasteiger charge is -2.35. The van der Waals surface area contributed by atoms with Crippen molar-refractivity contribution >= 4 is 11.8 Å². The second-order valence-corrected chi connectivity index (χ2v) is 6.57. The van der Waals surface area contributed by atoms with Gasteiger partial charge in [0.1, 0.15) is 6.10 Å². The maximum Gasteiger partial charge on any atom is 0.253 e. The molecule has 1 aromatic carbocycles. The highest BCUT2D eigenvalue weighted by Gasteiger charge is 2.31. The van der Waals surface area contributed by atoms with E-state index in [9.17, 15) is 9.59 Å². The zero-order valence-corrected chi connectivity index (χ0v) is 14.4. The fourth-order valence-corrected chi connectivity index (χ4v) is 3.39. The number of nitrogens with zero attached hydrogens (tertiary/aromatic N) is 2. The number of amides is 2. The maximum absolute atomic E-state index is 12.6. The predicted octanol–water partition coefficient (Wildman–Crippen LogP) is 2.10. The average Bonchev–Trinajstić information content (AvgIpc) is 3.16. The van der Waals surface area contributed by atoms with E-state index in [4.69, 9.17) is 4.74 Å². The average molecular weight is 330 g/mol. The lowest BCUT2D eigenvalue weighted by Crippen LogP contribution is -2.52. The highest BCUT2D eigenvalue weighted by atomic mass is 16.5. The van der Waals surface area contributed by atoms with Gasteiger partial charge in [0.25, 0.3) is 11.8 Å². The third kappa shape index (κ3) is 3.78. The Morgan fingerprint density at radius 1 is 1.08 bits per heavy atom. The molecule has 0 bridgehead atoms. The molecule has 0 aromatic heterocycles. The van der Waals surface area contributed by atoms with Crippen LogP contribution in [-0.2, 0) is 16.0 Å². The summed E-state index contributed by atoms with van der Waals surface area (Å²) in [7, 11) is 0. The summed E-state index contributed by atoms with van der Waals surface area (Å²) >= 11 is 0. The van der Waals surface area contributed by atoms with Gasteiger partial charge >= 0.3 is 0 Å². The molecule has 3 rings (SSSR count). The van der Waals surface area contributed by atoms with Gasteiger partial charge in [-0.15, -0.1) is 0 Å². The van der Waals surface area contributed by atoms with E-state index >= 15 is 0 Å². The first kappa shape index (κ1) is 17.0. The number of hydrogen-bond acceptors (Lipinski definition) is 3. The van der Waals surface area contributed by atoms with Crippen molar-refractivity contribution in [3.05, 3.63) is 35.4 Å². The zero-order chi connectivity index (χ0) is 16.9. The first-order valence-electron chi connectivity index (χ1n) is 8.97. The van der Waals surface area contributed by atoms with Crippen LogP contribution in [0.1, 0.15) is 42.1 Å². The van der Waals surface area contributed by atoms with Crippen LogP contribution in [0.5, 0.6) is 0 Å². The molecule has 130 valence electrons. The van der Waals surface area contributed by atoms with E-state index in [2.05, 4.69) is 6.92 Å². The molecule has 0 N–H and O–H groups in total. The number of hydrogen-bond donors (Lipinski definition) is 0. The molecule has 5 heteroatoms. The molecule has 0 radical (unpaired) electrons. The molecule has 2 fully saturated rings. The van der Waals surface area contributed by atoms with E-state index in [1.165, 1.54) is 5.56 Å². The Hall–Kier alpha value is -1.88. The normalized spacial score (nSPS) is 21.1. The molecule has 5 nitrogen and oxygen atoms in total. The third-order valence-corrected chi connectivity index (χ3v) is 4.82.